The summed E-state index contributed by atoms with van der Waals surface area (Å²) in [6, 6.07) is 8.39. The van der Waals surface area contributed by atoms with Gasteiger partial charge in [-0.3, -0.25) is 0 Å². The van der Waals surface area contributed by atoms with Crippen molar-refractivity contribution >= 4 is 6.09 Å². The molecule has 0 aromatic heterocycles. The van der Waals surface area contributed by atoms with E-state index in [0.717, 1.165) is 25.0 Å². The molecule has 0 aliphatic carbocycles. The first-order valence-corrected chi connectivity index (χ1v) is 8.01. The number of hydrogen-bond donors (Lipinski definition) is 2. The summed E-state index contributed by atoms with van der Waals surface area (Å²) in [5.74, 6) is 0. The van der Waals surface area contributed by atoms with Crippen LogP contribution in [-0.2, 0) is 22.3 Å². The van der Waals surface area contributed by atoms with E-state index in [1.807, 2.05) is 13.8 Å². The van der Waals surface area contributed by atoms with Gasteiger partial charge in [0.2, 0.25) is 0 Å². The third-order valence-corrected chi connectivity index (χ3v) is 3.09. The number of rotatable bonds is 10. The molecule has 0 unspecified atom stereocenters. The lowest BCUT2D eigenvalue weighted by molar-refractivity contribution is 0.0772. The fraction of sp³-hybridized carbons (Fsp3) is 0.500. The van der Waals surface area contributed by atoms with Gasteiger partial charge in [-0.15, -0.1) is 0 Å². The van der Waals surface area contributed by atoms with Crippen molar-refractivity contribution in [1.29, 1.82) is 0 Å². The third kappa shape index (κ3) is 9.71. The molecule has 23 heavy (non-hydrogen) atoms. The summed E-state index contributed by atoms with van der Waals surface area (Å²) in [6.45, 7) is 4.97. The highest BCUT2D eigenvalue weighted by Gasteiger charge is 1.98. The summed E-state index contributed by atoms with van der Waals surface area (Å²) in [7, 11) is 0. The molecule has 2 N–H and O–H groups in total. The molecule has 128 valence electrons. The summed E-state index contributed by atoms with van der Waals surface area (Å²) in [6.07, 6.45) is 5.61. The molecule has 0 saturated carbocycles. The summed E-state index contributed by atoms with van der Waals surface area (Å²) >= 11 is 0. The van der Waals surface area contributed by atoms with E-state index in [1.54, 1.807) is 6.08 Å². The first kappa shape index (κ1) is 19.2. The lowest BCUT2D eigenvalue weighted by atomic mass is 10.1. The number of alkyl carbamates (subject to hydrolysis) is 1. The molecule has 1 amide bonds. The third-order valence-electron chi connectivity index (χ3n) is 3.09. The van der Waals surface area contributed by atoms with E-state index in [0.29, 0.717) is 6.42 Å². The number of benzene rings is 1. The van der Waals surface area contributed by atoms with E-state index in [1.165, 1.54) is 11.8 Å². The SMILES string of the molecule is CC(C)OCCCc1ccc(C/C=C/OC(=O)NCCO)cc1. The summed E-state index contributed by atoms with van der Waals surface area (Å²) in [5.41, 5.74) is 2.45. The van der Waals surface area contributed by atoms with Crippen molar-refractivity contribution in [1.82, 2.24) is 5.32 Å². The number of carbonyl (C=O) groups is 1. The number of aliphatic hydroxyl groups is 1. The average Bonchev–Trinajstić information content (AvgIpc) is 2.54. The Morgan fingerprint density at radius 3 is 2.61 bits per heavy atom. The summed E-state index contributed by atoms with van der Waals surface area (Å²) < 4.78 is 10.3. The molecule has 0 spiro atoms. The van der Waals surface area contributed by atoms with Crippen molar-refractivity contribution in [3.63, 3.8) is 0 Å². The lowest BCUT2D eigenvalue weighted by Gasteiger charge is -2.07. The molecule has 0 saturated heterocycles. The fourth-order valence-electron chi connectivity index (χ4n) is 1.93. The van der Waals surface area contributed by atoms with Gasteiger partial charge in [0.25, 0.3) is 0 Å². The van der Waals surface area contributed by atoms with Crippen LogP contribution in [0.15, 0.2) is 36.6 Å². The van der Waals surface area contributed by atoms with Gasteiger partial charge in [-0.1, -0.05) is 24.3 Å². The molecule has 0 aliphatic heterocycles. The second-order valence-electron chi connectivity index (χ2n) is 5.47. The van der Waals surface area contributed by atoms with Crippen LogP contribution in [0.5, 0.6) is 0 Å². The Morgan fingerprint density at radius 2 is 1.96 bits per heavy atom. The van der Waals surface area contributed by atoms with Crippen LogP contribution in [0.25, 0.3) is 0 Å². The number of amides is 1. The monoisotopic (exact) mass is 321 g/mol. The normalized spacial score (nSPS) is 11.1. The van der Waals surface area contributed by atoms with Gasteiger partial charge in [0.15, 0.2) is 0 Å². The van der Waals surface area contributed by atoms with Gasteiger partial charge in [-0.25, -0.2) is 4.79 Å². The van der Waals surface area contributed by atoms with Crippen LogP contribution in [0.3, 0.4) is 0 Å². The highest BCUT2D eigenvalue weighted by Crippen LogP contribution is 2.08. The van der Waals surface area contributed by atoms with Crippen LogP contribution in [0, 0.1) is 0 Å². The molecule has 5 heteroatoms. The standard InChI is InChI=1S/C18H27NO4/c1-15(2)22-13-3-5-16-7-9-17(10-8-16)6-4-14-23-18(21)19-11-12-20/h4,7-10,14-15,20H,3,5-6,11-13H2,1-2H3,(H,19,21)/b14-4+. The Bertz CT molecular complexity index is 468. The highest BCUT2D eigenvalue weighted by atomic mass is 16.5. The van der Waals surface area contributed by atoms with Gasteiger partial charge >= 0.3 is 6.09 Å². The van der Waals surface area contributed by atoms with Crippen molar-refractivity contribution in [2.75, 3.05) is 19.8 Å². The lowest BCUT2D eigenvalue weighted by Crippen LogP contribution is -2.25. The van der Waals surface area contributed by atoms with E-state index >= 15 is 0 Å². The first-order chi connectivity index (χ1) is 11.1. The molecule has 1 rings (SSSR count). The van der Waals surface area contributed by atoms with E-state index < -0.39 is 6.09 Å². The number of hydrogen-bond acceptors (Lipinski definition) is 4. The molecule has 5 nitrogen and oxygen atoms in total. The molecule has 1 aromatic rings. The van der Waals surface area contributed by atoms with E-state index in [4.69, 9.17) is 14.6 Å². The van der Waals surface area contributed by atoms with Crippen molar-refractivity contribution in [2.24, 2.45) is 0 Å². The smallest absolute Gasteiger partial charge is 0.412 e. The molecule has 0 radical (unpaired) electrons. The van der Waals surface area contributed by atoms with Crippen LogP contribution >= 0.6 is 0 Å². The summed E-state index contributed by atoms with van der Waals surface area (Å²) in [5, 5.41) is 11.0. The number of aliphatic hydroxyl groups excluding tert-OH is 1. The zero-order chi connectivity index (χ0) is 16.9. The van der Waals surface area contributed by atoms with Crippen LogP contribution in [-0.4, -0.2) is 37.1 Å². The van der Waals surface area contributed by atoms with Crippen molar-refractivity contribution in [3.8, 4) is 0 Å². The van der Waals surface area contributed by atoms with E-state index in [9.17, 15) is 4.79 Å². The summed E-state index contributed by atoms with van der Waals surface area (Å²) in [4.78, 5) is 11.1. The van der Waals surface area contributed by atoms with Gasteiger partial charge in [0.05, 0.1) is 19.0 Å². The second-order valence-corrected chi connectivity index (χ2v) is 5.47. The minimum Gasteiger partial charge on any atom is -0.419 e. The maximum absolute atomic E-state index is 11.1. The molecule has 0 atom stereocenters. The van der Waals surface area contributed by atoms with E-state index in [2.05, 4.69) is 29.6 Å². The molecule has 0 aliphatic rings. The number of carbonyl (C=O) groups excluding carboxylic acids is 1. The molecule has 0 bridgehead atoms. The number of allylic oxidation sites excluding steroid dienone is 1. The second kappa shape index (κ2) is 11.7. The van der Waals surface area contributed by atoms with Crippen LogP contribution in [0.4, 0.5) is 4.79 Å². The predicted octanol–water partition coefficient (Wildman–Crippen LogP) is 2.82. The highest BCUT2D eigenvalue weighted by molar-refractivity contribution is 5.67. The quantitative estimate of drug-likeness (QED) is 0.514. The largest absolute Gasteiger partial charge is 0.419 e. The van der Waals surface area contributed by atoms with Crippen molar-refractivity contribution in [2.45, 2.75) is 39.2 Å². The minimum atomic E-state index is -0.561. The Labute approximate surface area is 138 Å². The molecule has 1 aromatic carbocycles. The number of nitrogens with one attached hydrogen (secondary N) is 1. The maximum Gasteiger partial charge on any atom is 0.412 e. The predicted molar refractivity (Wildman–Crippen MR) is 90.3 cm³/mol. The van der Waals surface area contributed by atoms with Crippen LogP contribution in [0.2, 0.25) is 0 Å². The Balaban J connectivity index is 2.24. The van der Waals surface area contributed by atoms with Gasteiger partial charge in [-0.05, 0) is 50.3 Å². The van der Waals surface area contributed by atoms with Crippen molar-refractivity contribution in [3.05, 3.63) is 47.7 Å². The number of ether oxygens (including phenoxy) is 2. The number of aryl methyl sites for hydroxylation is 1. The minimum absolute atomic E-state index is 0.102. The topological polar surface area (TPSA) is 67.8 Å². The van der Waals surface area contributed by atoms with Crippen molar-refractivity contribution < 1.29 is 19.4 Å². The molecule has 0 fully saturated rings. The zero-order valence-corrected chi connectivity index (χ0v) is 14.0. The van der Waals surface area contributed by atoms with Crippen LogP contribution in [0.1, 0.15) is 31.4 Å². The maximum atomic E-state index is 11.1. The van der Waals surface area contributed by atoms with E-state index in [-0.39, 0.29) is 19.3 Å². The molecular weight excluding hydrogens is 294 g/mol. The Kier molecular flexibility index (Phi) is 9.75. The molecular formula is C18H27NO4. The van der Waals surface area contributed by atoms with Gasteiger partial charge in [0.1, 0.15) is 0 Å². The Morgan fingerprint density at radius 1 is 1.26 bits per heavy atom. The van der Waals surface area contributed by atoms with Crippen LogP contribution < -0.4 is 5.32 Å². The average molecular weight is 321 g/mol. The Hall–Kier alpha value is -1.85. The fourth-order valence-corrected chi connectivity index (χ4v) is 1.93. The van der Waals surface area contributed by atoms with Gasteiger partial charge in [-0.2, -0.15) is 0 Å². The first-order valence-electron chi connectivity index (χ1n) is 8.01. The molecule has 0 heterocycles. The van der Waals surface area contributed by atoms with Gasteiger partial charge in [0, 0.05) is 13.2 Å². The zero-order valence-electron chi connectivity index (χ0n) is 14.0. The van der Waals surface area contributed by atoms with Gasteiger partial charge < -0.3 is 19.9 Å².